The molecule has 1 aromatic heterocycles. The molecule has 0 spiro atoms. The summed E-state index contributed by atoms with van der Waals surface area (Å²) in [7, 11) is 0. The summed E-state index contributed by atoms with van der Waals surface area (Å²) in [6, 6.07) is 47.1. The zero-order valence-electron chi connectivity index (χ0n) is 26.1. The lowest BCUT2D eigenvalue weighted by Gasteiger charge is -2.39. The molecule has 4 nitrogen and oxygen atoms in total. The Bertz CT molecular complexity index is 2370. The Labute approximate surface area is 274 Å². The molecular weight excluding hydrogens is 575 g/mol. The van der Waals surface area contributed by atoms with E-state index in [1.165, 1.54) is 44.0 Å². The number of rotatable bonds is 3. The van der Waals surface area contributed by atoms with Gasteiger partial charge in [0.2, 0.25) is 0 Å². The molecule has 2 aliphatic heterocycles. The van der Waals surface area contributed by atoms with Crippen LogP contribution in [0.4, 0.5) is 17.2 Å². The molecular formula is C42H29BN2O2. The smallest absolute Gasteiger partial charge is 0.260 e. The monoisotopic (exact) mass is 604 g/mol. The highest BCUT2D eigenvalue weighted by molar-refractivity contribution is 6.98. The first-order valence-electron chi connectivity index (χ1n) is 16.2. The van der Waals surface area contributed by atoms with E-state index in [2.05, 4.69) is 128 Å². The number of anilines is 3. The van der Waals surface area contributed by atoms with Crippen LogP contribution in [0.15, 0.2) is 140 Å². The average Bonchev–Trinajstić information content (AvgIpc) is 3.11. The average molecular weight is 605 g/mol. The van der Waals surface area contributed by atoms with Crippen molar-refractivity contribution in [1.29, 1.82) is 0 Å². The second kappa shape index (κ2) is 9.60. The minimum Gasteiger partial charge on any atom is -0.458 e. The molecule has 0 fully saturated rings. The highest BCUT2D eigenvalue weighted by Crippen LogP contribution is 2.52. The van der Waals surface area contributed by atoms with E-state index in [1.54, 1.807) is 0 Å². The van der Waals surface area contributed by atoms with E-state index in [1.807, 2.05) is 30.5 Å². The van der Waals surface area contributed by atoms with Gasteiger partial charge in [0.1, 0.15) is 28.8 Å². The van der Waals surface area contributed by atoms with Crippen LogP contribution in [0.25, 0.3) is 21.9 Å². The van der Waals surface area contributed by atoms with Crippen molar-refractivity contribution in [1.82, 2.24) is 4.98 Å². The van der Waals surface area contributed by atoms with Crippen molar-refractivity contribution in [3.8, 4) is 34.1 Å². The van der Waals surface area contributed by atoms with Crippen LogP contribution in [0.5, 0.6) is 23.0 Å². The van der Waals surface area contributed by atoms with Crippen LogP contribution in [0.3, 0.4) is 0 Å². The van der Waals surface area contributed by atoms with Gasteiger partial charge in [0.15, 0.2) is 0 Å². The number of para-hydroxylation sites is 2. The van der Waals surface area contributed by atoms with Crippen molar-refractivity contribution in [3.63, 3.8) is 0 Å². The van der Waals surface area contributed by atoms with Crippen LogP contribution < -0.4 is 30.8 Å². The first-order valence-corrected chi connectivity index (χ1v) is 16.2. The van der Waals surface area contributed by atoms with Crippen molar-refractivity contribution < 1.29 is 9.47 Å². The molecule has 47 heavy (non-hydrogen) atoms. The molecule has 1 aliphatic carbocycles. The molecule has 3 heterocycles. The summed E-state index contributed by atoms with van der Waals surface area (Å²) in [4.78, 5) is 7.05. The maximum absolute atomic E-state index is 6.74. The fourth-order valence-corrected chi connectivity index (χ4v) is 8.10. The fourth-order valence-electron chi connectivity index (χ4n) is 8.10. The van der Waals surface area contributed by atoms with Crippen molar-refractivity contribution in [2.75, 3.05) is 4.90 Å². The van der Waals surface area contributed by atoms with Crippen molar-refractivity contribution in [2.45, 2.75) is 19.3 Å². The van der Waals surface area contributed by atoms with E-state index in [4.69, 9.17) is 14.5 Å². The van der Waals surface area contributed by atoms with Gasteiger partial charge < -0.3 is 9.47 Å². The highest BCUT2D eigenvalue weighted by Gasteiger charge is 2.43. The van der Waals surface area contributed by atoms with Gasteiger partial charge in [0.25, 0.3) is 6.71 Å². The van der Waals surface area contributed by atoms with Crippen molar-refractivity contribution in [2.24, 2.45) is 0 Å². The molecule has 0 saturated heterocycles. The third-order valence-corrected chi connectivity index (χ3v) is 10.2. The Hall–Kier alpha value is -5.81. The van der Waals surface area contributed by atoms with Crippen LogP contribution in [0.1, 0.15) is 25.0 Å². The van der Waals surface area contributed by atoms with Crippen LogP contribution >= 0.6 is 0 Å². The van der Waals surface area contributed by atoms with E-state index in [9.17, 15) is 0 Å². The Kier molecular flexibility index (Phi) is 5.40. The largest absolute Gasteiger partial charge is 0.458 e. The second-order valence-electron chi connectivity index (χ2n) is 13.1. The molecule has 222 valence electrons. The molecule has 3 aliphatic rings. The standard InChI is InChI=1S/C42H29BN2O2/c1-42(2)30-15-10-14-28-34(45(26-12-4-3-5-13-26)39-20-8-9-23-44-39)22-21-27(40(28)30)29-24-38-33(25-31(29)42)43-32-16-6-7-17-35(32)46-36-18-11-19-37(47-38)41(36)43/h3-25H,1-2H3. The lowest BCUT2D eigenvalue weighted by atomic mass is 9.34. The zero-order chi connectivity index (χ0) is 31.3. The van der Waals surface area contributed by atoms with Crippen LogP contribution in [0, 0.1) is 0 Å². The molecule has 5 heteroatoms. The van der Waals surface area contributed by atoms with Gasteiger partial charge in [-0.2, -0.15) is 0 Å². The maximum Gasteiger partial charge on any atom is 0.260 e. The van der Waals surface area contributed by atoms with Crippen molar-refractivity contribution >= 4 is 51.1 Å². The van der Waals surface area contributed by atoms with Gasteiger partial charge in [0, 0.05) is 28.1 Å². The lowest BCUT2D eigenvalue weighted by molar-refractivity contribution is 0.464. The molecule has 0 bridgehead atoms. The summed E-state index contributed by atoms with van der Waals surface area (Å²) in [5, 5.41) is 2.47. The Morgan fingerprint density at radius 3 is 2.17 bits per heavy atom. The number of fused-ring (bicyclic) bond motifs is 6. The molecule has 0 radical (unpaired) electrons. The van der Waals surface area contributed by atoms with E-state index >= 15 is 0 Å². The molecule has 0 atom stereocenters. The topological polar surface area (TPSA) is 34.6 Å². The summed E-state index contributed by atoms with van der Waals surface area (Å²) in [6.07, 6.45) is 1.86. The first-order chi connectivity index (χ1) is 23.1. The Morgan fingerprint density at radius 1 is 0.596 bits per heavy atom. The van der Waals surface area contributed by atoms with Crippen molar-refractivity contribution in [3.05, 3.63) is 151 Å². The predicted octanol–water partition coefficient (Wildman–Crippen LogP) is 8.74. The van der Waals surface area contributed by atoms with Gasteiger partial charge in [-0.25, -0.2) is 4.98 Å². The third-order valence-electron chi connectivity index (χ3n) is 10.2. The van der Waals surface area contributed by atoms with Crippen LogP contribution in [0.2, 0.25) is 0 Å². The van der Waals surface area contributed by atoms with Gasteiger partial charge in [0.05, 0.1) is 5.69 Å². The molecule has 0 saturated carbocycles. The molecule has 7 aromatic rings. The fraction of sp³-hybridized carbons (Fsp3) is 0.0714. The number of hydrogen-bond donors (Lipinski definition) is 0. The van der Waals surface area contributed by atoms with E-state index < -0.39 is 0 Å². The molecule has 10 rings (SSSR count). The maximum atomic E-state index is 6.74. The Morgan fingerprint density at radius 2 is 1.34 bits per heavy atom. The number of pyridine rings is 1. The molecule has 6 aromatic carbocycles. The normalized spacial score (nSPS) is 14.2. The quantitative estimate of drug-likeness (QED) is 0.189. The van der Waals surface area contributed by atoms with E-state index in [0.717, 1.165) is 45.7 Å². The first kappa shape index (κ1) is 26.4. The third kappa shape index (κ3) is 3.68. The minimum absolute atomic E-state index is 0.0355. The summed E-state index contributed by atoms with van der Waals surface area (Å²) < 4.78 is 13.1. The minimum atomic E-state index is -0.261. The highest BCUT2D eigenvalue weighted by atomic mass is 16.5. The van der Waals surface area contributed by atoms with E-state index in [0.29, 0.717) is 0 Å². The zero-order valence-corrected chi connectivity index (χ0v) is 26.1. The number of nitrogens with zero attached hydrogens (tertiary/aromatic N) is 2. The van der Waals surface area contributed by atoms with Gasteiger partial charge in [-0.1, -0.05) is 92.7 Å². The van der Waals surface area contributed by atoms with Gasteiger partial charge in [-0.15, -0.1) is 0 Å². The predicted molar refractivity (Wildman–Crippen MR) is 192 cm³/mol. The molecule has 0 unspecified atom stereocenters. The Balaban J connectivity index is 1.22. The number of hydrogen-bond acceptors (Lipinski definition) is 4. The number of aromatic nitrogens is 1. The van der Waals surface area contributed by atoms with Gasteiger partial charge in [-0.3, -0.25) is 4.90 Å². The van der Waals surface area contributed by atoms with Gasteiger partial charge in [-0.05, 0) is 93.2 Å². The van der Waals surface area contributed by atoms with Crippen LogP contribution in [-0.4, -0.2) is 11.7 Å². The summed E-state index contributed by atoms with van der Waals surface area (Å²) in [5.41, 5.74) is 10.4. The number of ether oxygens (including phenoxy) is 2. The van der Waals surface area contributed by atoms with E-state index in [-0.39, 0.29) is 12.1 Å². The van der Waals surface area contributed by atoms with Crippen LogP contribution in [-0.2, 0) is 5.41 Å². The molecule has 0 N–H and O–H groups in total. The lowest BCUT2D eigenvalue weighted by Crippen LogP contribution is -2.57. The summed E-state index contributed by atoms with van der Waals surface area (Å²) in [5.74, 6) is 4.42. The second-order valence-corrected chi connectivity index (χ2v) is 13.1. The molecule has 0 amide bonds. The SMILES string of the molecule is CC1(C)c2cc3c(cc2-c2ccc(N(c4ccccc4)c4ccccn4)c4cccc1c24)Oc1cccc2c1B3c1ccccc1O2. The van der Waals surface area contributed by atoms with Gasteiger partial charge >= 0.3 is 0 Å². The summed E-state index contributed by atoms with van der Waals surface area (Å²) >= 11 is 0. The number of benzene rings is 6. The summed E-state index contributed by atoms with van der Waals surface area (Å²) in [6.45, 7) is 4.75.